The first-order chi connectivity index (χ1) is 14.8. The Balaban J connectivity index is 1.50. The largest absolute Gasteiger partial charge is 0.335 e. The van der Waals surface area contributed by atoms with Crippen LogP contribution in [0.1, 0.15) is 49.8 Å². The lowest BCUT2D eigenvalue weighted by atomic mass is 9.96. The zero-order valence-corrected chi connectivity index (χ0v) is 18.2. The van der Waals surface area contributed by atoms with Crippen LogP contribution in [0.3, 0.4) is 0 Å². The summed E-state index contributed by atoms with van der Waals surface area (Å²) < 4.78 is 27.0. The van der Waals surface area contributed by atoms with Gasteiger partial charge in [-0.25, -0.2) is 22.9 Å². The van der Waals surface area contributed by atoms with Crippen LogP contribution in [-0.4, -0.2) is 36.4 Å². The van der Waals surface area contributed by atoms with Crippen LogP contribution in [0.15, 0.2) is 41.6 Å². The average Bonchev–Trinajstić information content (AvgIpc) is 2.73. The maximum atomic E-state index is 12.4. The number of urea groups is 1. The Bertz CT molecular complexity index is 1020. The molecule has 166 valence electrons. The summed E-state index contributed by atoms with van der Waals surface area (Å²) in [6.45, 7) is 1.78. The summed E-state index contributed by atoms with van der Waals surface area (Å²) in [6, 6.07) is 5.43. The highest BCUT2D eigenvalue weighted by Gasteiger charge is 2.21. The monoisotopic (exact) mass is 445 g/mol. The van der Waals surface area contributed by atoms with Crippen molar-refractivity contribution >= 4 is 27.8 Å². The standard InChI is InChI=1S/C21H27N5O4S/c1-15-13-22-14-19(23-15)25-20(27)12-9-16-7-10-18(11-8-16)31(29,30)26-21(28)24-17-5-3-2-4-6-17/h7-8,10-11,13-14,17H,2-6,9,12H2,1H3,(H,23,25,27)(H2,24,26,28). The predicted octanol–water partition coefficient (Wildman–Crippen LogP) is 2.68. The lowest BCUT2D eigenvalue weighted by Crippen LogP contribution is -2.45. The van der Waals surface area contributed by atoms with Gasteiger partial charge in [0.2, 0.25) is 5.91 Å². The van der Waals surface area contributed by atoms with E-state index < -0.39 is 16.1 Å². The average molecular weight is 446 g/mol. The number of sulfonamides is 1. The lowest BCUT2D eigenvalue weighted by Gasteiger charge is -2.22. The molecular weight excluding hydrogens is 418 g/mol. The van der Waals surface area contributed by atoms with Gasteiger partial charge in [0.15, 0.2) is 5.82 Å². The molecular formula is C21H27N5O4S. The van der Waals surface area contributed by atoms with Crippen molar-refractivity contribution < 1.29 is 18.0 Å². The fraction of sp³-hybridized carbons (Fsp3) is 0.429. The molecule has 1 aliphatic carbocycles. The van der Waals surface area contributed by atoms with E-state index in [0.29, 0.717) is 17.9 Å². The first-order valence-corrected chi connectivity index (χ1v) is 11.8. The number of rotatable bonds is 7. The molecule has 1 fully saturated rings. The molecule has 9 nitrogen and oxygen atoms in total. The molecule has 10 heteroatoms. The molecule has 3 rings (SSSR count). The van der Waals surface area contributed by atoms with Crippen molar-refractivity contribution in [1.82, 2.24) is 20.0 Å². The molecule has 0 bridgehead atoms. The van der Waals surface area contributed by atoms with Crippen molar-refractivity contribution in [3.8, 4) is 0 Å². The molecule has 1 saturated carbocycles. The van der Waals surface area contributed by atoms with Crippen LogP contribution >= 0.6 is 0 Å². The number of nitrogens with one attached hydrogen (secondary N) is 3. The van der Waals surface area contributed by atoms with Gasteiger partial charge in [0.1, 0.15) is 0 Å². The van der Waals surface area contributed by atoms with E-state index >= 15 is 0 Å². The predicted molar refractivity (Wildman–Crippen MR) is 116 cm³/mol. The van der Waals surface area contributed by atoms with E-state index in [4.69, 9.17) is 0 Å². The SMILES string of the molecule is Cc1cncc(NC(=O)CCc2ccc(S(=O)(=O)NC(=O)NC3CCCCC3)cc2)n1. The van der Waals surface area contributed by atoms with Gasteiger partial charge < -0.3 is 10.6 Å². The van der Waals surface area contributed by atoms with E-state index in [1.807, 2.05) is 0 Å². The summed E-state index contributed by atoms with van der Waals surface area (Å²) in [4.78, 5) is 32.3. The number of nitrogens with zero attached hydrogens (tertiary/aromatic N) is 2. The zero-order valence-electron chi connectivity index (χ0n) is 17.4. The molecule has 0 radical (unpaired) electrons. The van der Waals surface area contributed by atoms with E-state index in [1.54, 1.807) is 25.3 Å². The normalized spacial score (nSPS) is 14.6. The van der Waals surface area contributed by atoms with E-state index in [1.165, 1.54) is 18.3 Å². The van der Waals surface area contributed by atoms with Gasteiger partial charge in [0.25, 0.3) is 10.0 Å². The fourth-order valence-electron chi connectivity index (χ4n) is 3.46. The molecule has 3 N–H and O–H groups in total. The smallest absolute Gasteiger partial charge is 0.328 e. The number of carbonyl (C=O) groups is 2. The van der Waals surface area contributed by atoms with Crippen molar-refractivity contribution in [2.45, 2.75) is 62.8 Å². The van der Waals surface area contributed by atoms with E-state index in [2.05, 4.69) is 25.3 Å². The molecule has 3 amide bonds. The van der Waals surface area contributed by atoms with E-state index in [9.17, 15) is 18.0 Å². The number of amides is 3. The molecule has 2 aromatic rings. The van der Waals surface area contributed by atoms with Crippen molar-refractivity contribution in [3.05, 3.63) is 47.9 Å². The third-order valence-electron chi connectivity index (χ3n) is 5.06. The van der Waals surface area contributed by atoms with Crippen LogP contribution < -0.4 is 15.4 Å². The maximum absolute atomic E-state index is 12.4. The summed E-state index contributed by atoms with van der Waals surface area (Å²) in [7, 11) is -3.96. The number of hydrogen-bond acceptors (Lipinski definition) is 6. The number of aromatic nitrogens is 2. The number of anilines is 1. The number of aryl methyl sites for hydroxylation is 2. The van der Waals surface area contributed by atoms with Gasteiger partial charge in [-0.3, -0.25) is 9.78 Å². The summed E-state index contributed by atoms with van der Waals surface area (Å²) in [6.07, 6.45) is 8.67. The van der Waals surface area contributed by atoms with Gasteiger partial charge >= 0.3 is 6.03 Å². The Kier molecular flexibility index (Phi) is 7.56. The Hall–Kier alpha value is -3.01. The molecule has 0 atom stereocenters. The molecule has 0 aliphatic heterocycles. The summed E-state index contributed by atoms with van der Waals surface area (Å²) in [5.41, 5.74) is 1.51. The van der Waals surface area contributed by atoms with Gasteiger partial charge in [-0.2, -0.15) is 0 Å². The second kappa shape index (κ2) is 10.3. The third kappa shape index (κ3) is 7.02. The lowest BCUT2D eigenvalue weighted by molar-refractivity contribution is -0.116. The van der Waals surface area contributed by atoms with E-state index in [-0.39, 0.29) is 23.3 Å². The Morgan fingerprint density at radius 2 is 1.77 bits per heavy atom. The van der Waals surface area contributed by atoms with Gasteiger partial charge in [-0.1, -0.05) is 31.4 Å². The fourth-order valence-corrected chi connectivity index (χ4v) is 4.38. The van der Waals surface area contributed by atoms with Crippen LogP contribution in [0.4, 0.5) is 10.6 Å². The highest BCUT2D eigenvalue weighted by atomic mass is 32.2. The van der Waals surface area contributed by atoms with Crippen LogP contribution in [0.2, 0.25) is 0 Å². The van der Waals surface area contributed by atoms with Crippen molar-refractivity contribution in [3.63, 3.8) is 0 Å². The van der Waals surface area contributed by atoms with Crippen molar-refractivity contribution in [1.29, 1.82) is 0 Å². The minimum atomic E-state index is -3.96. The molecule has 1 aromatic heterocycles. The van der Waals surface area contributed by atoms with Crippen LogP contribution in [0.25, 0.3) is 0 Å². The number of hydrogen-bond donors (Lipinski definition) is 3. The number of benzene rings is 1. The molecule has 1 aliphatic rings. The number of carbonyl (C=O) groups excluding carboxylic acids is 2. The first kappa shape index (κ1) is 22.7. The zero-order chi connectivity index (χ0) is 22.3. The van der Waals surface area contributed by atoms with Gasteiger partial charge in [0, 0.05) is 18.7 Å². The highest BCUT2D eigenvalue weighted by Crippen LogP contribution is 2.17. The second-order valence-electron chi connectivity index (χ2n) is 7.65. The molecule has 31 heavy (non-hydrogen) atoms. The molecule has 0 saturated heterocycles. The molecule has 0 spiro atoms. The summed E-state index contributed by atoms with van der Waals surface area (Å²) >= 11 is 0. The third-order valence-corrected chi connectivity index (χ3v) is 6.41. The Morgan fingerprint density at radius 3 is 2.45 bits per heavy atom. The van der Waals surface area contributed by atoms with Crippen LogP contribution in [-0.2, 0) is 21.2 Å². The molecule has 0 unspecified atom stereocenters. The Morgan fingerprint density at radius 1 is 1.06 bits per heavy atom. The first-order valence-electron chi connectivity index (χ1n) is 10.3. The van der Waals surface area contributed by atoms with Crippen molar-refractivity contribution in [2.24, 2.45) is 0 Å². The van der Waals surface area contributed by atoms with Gasteiger partial charge in [-0.15, -0.1) is 0 Å². The molecule has 1 heterocycles. The van der Waals surface area contributed by atoms with Crippen LogP contribution in [0, 0.1) is 6.92 Å². The van der Waals surface area contributed by atoms with Gasteiger partial charge in [-0.05, 0) is 43.9 Å². The maximum Gasteiger partial charge on any atom is 0.328 e. The minimum absolute atomic E-state index is 0.00506. The van der Waals surface area contributed by atoms with Crippen molar-refractivity contribution in [2.75, 3.05) is 5.32 Å². The summed E-state index contributed by atoms with van der Waals surface area (Å²) in [5.74, 6) is 0.182. The molecule has 1 aromatic carbocycles. The highest BCUT2D eigenvalue weighted by molar-refractivity contribution is 7.90. The van der Waals surface area contributed by atoms with Crippen LogP contribution in [0.5, 0.6) is 0 Å². The summed E-state index contributed by atoms with van der Waals surface area (Å²) in [5, 5.41) is 5.41. The Labute approximate surface area is 182 Å². The van der Waals surface area contributed by atoms with E-state index in [0.717, 1.165) is 37.7 Å². The topological polar surface area (TPSA) is 130 Å². The quantitative estimate of drug-likeness (QED) is 0.601. The second-order valence-corrected chi connectivity index (χ2v) is 9.33. The van der Waals surface area contributed by atoms with Gasteiger partial charge in [0.05, 0.1) is 16.8 Å². The minimum Gasteiger partial charge on any atom is -0.335 e.